The lowest BCUT2D eigenvalue weighted by atomic mass is 10.1. The molecule has 1 atom stereocenters. The largest absolute Gasteiger partial charge is 0.330 e. The van der Waals surface area contributed by atoms with E-state index in [0.29, 0.717) is 6.04 Å². The van der Waals surface area contributed by atoms with Crippen LogP contribution in [0.25, 0.3) is 0 Å². The lowest BCUT2D eigenvalue weighted by Crippen LogP contribution is -2.30. The van der Waals surface area contributed by atoms with E-state index in [0.717, 1.165) is 19.5 Å². The molecule has 0 aliphatic rings. The Bertz CT molecular complexity index is 246. The van der Waals surface area contributed by atoms with Crippen LogP contribution < -0.4 is 5.73 Å². The van der Waals surface area contributed by atoms with Crippen LogP contribution in [0.4, 0.5) is 0 Å². The van der Waals surface area contributed by atoms with Gasteiger partial charge in [0.1, 0.15) is 0 Å². The van der Waals surface area contributed by atoms with E-state index < -0.39 is 0 Å². The van der Waals surface area contributed by atoms with Gasteiger partial charge in [-0.3, -0.25) is 4.90 Å². The zero-order valence-electron chi connectivity index (χ0n) is 9.11. The van der Waals surface area contributed by atoms with Gasteiger partial charge in [-0.2, -0.15) is 0 Å². The van der Waals surface area contributed by atoms with Gasteiger partial charge in [0.25, 0.3) is 0 Å². The van der Waals surface area contributed by atoms with Crippen molar-refractivity contribution in [2.75, 3.05) is 13.6 Å². The Kier molecular flexibility index (Phi) is 4.63. The Morgan fingerprint density at radius 1 is 1.29 bits per heavy atom. The summed E-state index contributed by atoms with van der Waals surface area (Å²) in [6.07, 6.45) is 1.06. The van der Waals surface area contributed by atoms with Crippen LogP contribution in [0.2, 0.25) is 0 Å². The second-order valence-corrected chi connectivity index (χ2v) is 3.83. The molecule has 78 valence electrons. The highest BCUT2D eigenvalue weighted by molar-refractivity contribution is 5.14. The molecule has 0 amide bonds. The van der Waals surface area contributed by atoms with E-state index in [2.05, 4.69) is 43.1 Å². The minimum atomic E-state index is 0.556. The minimum absolute atomic E-state index is 0.556. The second-order valence-electron chi connectivity index (χ2n) is 3.83. The minimum Gasteiger partial charge on any atom is -0.330 e. The fourth-order valence-corrected chi connectivity index (χ4v) is 1.49. The van der Waals surface area contributed by atoms with Crippen molar-refractivity contribution >= 4 is 0 Å². The van der Waals surface area contributed by atoms with Crippen LogP contribution in [-0.4, -0.2) is 24.5 Å². The molecule has 0 aliphatic carbocycles. The Morgan fingerprint density at radius 2 is 1.93 bits per heavy atom. The van der Waals surface area contributed by atoms with Crippen LogP contribution in [0.1, 0.15) is 18.9 Å². The van der Waals surface area contributed by atoms with Crippen molar-refractivity contribution in [3.8, 4) is 0 Å². The predicted molar refractivity (Wildman–Crippen MR) is 61.0 cm³/mol. The predicted octanol–water partition coefficient (Wildman–Crippen LogP) is 1.86. The molecular formula is C12H20N2. The molecule has 0 saturated carbocycles. The zero-order chi connectivity index (χ0) is 10.4. The quantitative estimate of drug-likeness (QED) is 0.771. The molecule has 0 bridgehead atoms. The van der Waals surface area contributed by atoms with Crippen LogP contribution >= 0.6 is 0 Å². The maximum atomic E-state index is 5.53. The van der Waals surface area contributed by atoms with Crippen molar-refractivity contribution in [3.05, 3.63) is 35.9 Å². The molecule has 1 aromatic carbocycles. The normalized spacial score (nSPS) is 13.1. The van der Waals surface area contributed by atoms with Crippen LogP contribution in [0.5, 0.6) is 0 Å². The van der Waals surface area contributed by atoms with Gasteiger partial charge in [-0.1, -0.05) is 30.3 Å². The molecular weight excluding hydrogens is 172 g/mol. The average Bonchev–Trinajstić information content (AvgIpc) is 2.19. The molecule has 0 spiro atoms. The van der Waals surface area contributed by atoms with Gasteiger partial charge in [0.15, 0.2) is 0 Å². The summed E-state index contributed by atoms with van der Waals surface area (Å²) in [5.41, 5.74) is 6.89. The van der Waals surface area contributed by atoms with Crippen LogP contribution in [-0.2, 0) is 6.54 Å². The molecule has 0 aromatic heterocycles. The maximum absolute atomic E-state index is 5.53. The second kappa shape index (κ2) is 5.78. The fourth-order valence-electron chi connectivity index (χ4n) is 1.49. The number of benzene rings is 1. The van der Waals surface area contributed by atoms with Gasteiger partial charge < -0.3 is 5.73 Å². The molecule has 0 aliphatic heterocycles. The Labute approximate surface area is 86.7 Å². The highest BCUT2D eigenvalue weighted by Gasteiger charge is 2.07. The summed E-state index contributed by atoms with van der Waals surface area (Å²) in [5, 5.41) is 0. The van der Waals surface area contributed by atoms with Gasteiger partial charge >= 0.3 is 0 Å². The van der Waals surface area contributed by atoms with Crippen molar-refractivity contribution in [3.63, 3.8) is 0 Å². The van der Waals surface area contributed by atoms with Crippen molar-refractivity contribution < 1.29 is 0 Å². The molecule has 0 fully saturated rings. The molecule has 0 saturated heterocycles. The standard InChI is InChI=1S/C12H20N2/c1-11(8-9-13)14(2)10-12-6-4-3-5-7-12/h3-7,11H,8-10,13H2,1-2H3/t11-/m1/s1. The molecule has 0 unspecified atom stereocenters. The first-order valence-corrected chi connectivity index (χ1v) is 5.18. The lowest BCUT2D eigenvalue weighted by Gasteiger charge is -2.24. The topological polar surface area (TPSA) is 29.3 Å². The molecule has 2 nitrogen and oxygen atoms in total. The third-order valence-electron chi connectivity index (χ3n) is 2.61. The summed E-state index contributed by atoms with van der Waals surface area (Å²) in [4.78, 5) is 2.34. The van der Waals surface area contributed by atoms with Crippen molar-refractivity contribution in [1.82, 2.24) is 4.90 Å². The smallest absolute Gasteiger partial charge is 0.0233 e. The lowest BCUT2D eigenvalue weighted by molar-refractivity contribution is 0.240. The summed E-state index contributed by atoms with van der Waals surface area (Å²) in [6.45, 7) is 3.98. The van der Waals surface area contributed by atoms with Crippen LogP contribution in [0.15, 0.2) is 30.3 Å². The summed E-state index contributed by atoms with van der Waals surface area (Å²) >= 11 is 0. The molecule has 0 heterocycles. The first-order chi connectivity index (χ1) is 6.74. The average molecular weight is 192 g/mol. The molecule has 2 N–H and O–H groups in total. The van der Waals surface area contributed by atoms with Gasteiger partial charge in [-0.25, -0.2) is 0 Å². The highest BCUT2D eigenvalue weighted by Crippen LogP contribution is 2.07. The zero-order valence-corrected chi connectivity index (χ0v) is 9.11. The summed E-state index contributed by atoms with van der Waals surface area (Å²) < 4.78 is 0. The van der Waals surface area contributed by atoms with Gasteiger partial charge in [0.05, 0.1) is 0 Å². The van der Waals surface area contributed by atoms with Gasteiger partial charge in [0.2, 0.25) is 0 Å². The maximum Gasteiger partial charge on any atom is 0.0233 e. The van der Waals surface area contributed by atoms with Gasteiger partial charge in [-0.15, -0.1) is 0 Å². The number of nitrogens with two attached hydrogens (primary N) is 1. The SMILES string of the molecule is C[C@H](CCN)N(C)Cc1ccccc1. The van der Waals surface area contributed by atoms with E-state index >= 15 is 0 Å². The first-order valence-electron chi connectivity index (χ1n) is 5.18. The Balaban J connectivity index is 2.44. The van der Waals surface area contributed by atoms with Crippen molar-refractivity contribution in [2.45, 2.75) is 25.9 Å². The fraction of sp³-hybridized carbons (Fsp3) is 0.500. The number of hydrogen-bond donors (Lipinski definition) is 1. The van der Waals surface area contributed by atoms with E-state index in [1.165, 1.54) is 5.56 Å². The monoisotopic (exact) mass is 192 g/mol. The molecule has 2 heteroatoms. The Hall–Kier alpha value is -0.860. The summed E-state index contributed by atoms with van der Waals surface area (Å²) in [6, 6.07) is 11.1. The highest BCUT2D eigenvalue weighted by atomic mass is 15.1. The molecule has 1 rings (SSSR count). The van der Waals surface area contributed by atoms with E-state index in [4.69, 9.17) is 5.73 Å². The van der Waals surface area contributed by atoms with E-state index in [9.17, 15) is 0 Å². The first kappa shape index (κ1) is 11.2. The molecule has 0 radical (unpaired) electrons. The van der Waals surface area contributed by atoms with Gasteiger partial charge in [-0.05, 0) is 32.5 Å². The summed E-state index contributed by atoms with van der Waals surface area (Å²) in [5.74, 6) is 0. The van der Waals surface area contributed by atoms with E-state index in [-0.39, 0.29) is 0 Å². The molecule has 1 aromatic rings. The Morgan fingerprint density at radius 3 is 2.50 bits per heavy atom. The van der Waals surface area contributed by atoms with Crippen LogP contribution in [0.3, 0.4) is 0 Å². The third-order valence-corrected chi connectivity index (χ3v) is 2.61. The number of rotatable bonds is 5. The van der Waals surface area contributed by atoms with Crippen molar-refractivity contribution in [1.29, 1.82) is 0 Å². The van der Waals surface area contributed by atoms with E-state index in [1.54, 1.807) is 0 Å². The molecule has 14 heavy (non-hydrogen) atoms. The number of nitrogens with zero attached hydrogens (tertiary/aromatic N) is 1. The van der Waals surface area contributed by atoms with E-state index in [1.807, 2.05) is 6.07 Å². The van der Waals surface area contributed by atoms with Crippen LogP contribution in [0, 0.1) is 0 Å². The number of hydrogen-bond acceptors (Lipinski definition) is 2. The third kappa shape index (κ3) is 3.48. The van der Waals surface area contributed by atoms with Crippen molar-refractivity contribution in [2.24, 2.45) is 5.73 Å². The van der Waals surface area contributed by atoms with Gasteiger partial charge in [0, 0.05) is 12.6 Å². The summed E-state index contributed by atoms with van der Waals surface area (Å²) in [7, 11) is 2.15.